The number of aryl methyl sites for hydroxylation is 1. The molecule has 206 valence electrons. The van der Waals surface area contributed by atoms with Gasteiger partial charge in [-0.1, -0.05) is 36.7 Å². The Morgan fingerprint density at radius 3 is 2.50 bits per heavy atom. The monoisotopic (exact) mass is 598 g/mol. The molecular formula is C27H34Cl4N6O. The second kappa shape index (κ2) is 14.8. The number of nitrogens with zero attached hydrogens (tertiary/aromatic N) is 5. The molecule has 0 bridgehead atoms. The van der Waals surface area contributed by atoms with Crippen LogP contribution in [-0.2, 0) is 17.8 Å². The average Bonchev–Trinajstić information content (AvgIpc) is 3.29. The predicted molar refractivity (Wildman–Crippen MR) is 159 cm³/mol. The molecule has 11 heteroatoms. The SMILES string of the molecule is C[C@@H]1CCc2ncnc(N3CCN(C(=O)C(CNCc4cccnc4)c4ccc(Cl)cc4)CC3)c21.Cl.Cl.Cl. The van der Waals surface area contributed by atoms with Crippen LogP contribution in [0.5, 0.6) is 0 Å². The van der Waals surface area contributed by atoms with Crippen molar-refractivity contribution < 1.29 is 4.79 Å². The molecular weight excluding hydrogens is 566 g/mol. The van der Waals surface area contributed by atoms with Crippen LogP contribution in [0.3, 0.4) is 0 Å². The fourth-order valence-electron chi connectivity index (χ4n) is 5.14. The number of hydrogen-bond donors (Lipinski definition) is 1. The van der Waals surface area contributed by atoms with E-state index in [4.69, 9.17) is 11.6 Å². The summed E-state index contributed by atoms with van der Waals surface area (Å²) in [5, 5.41) is 4.12. The van der Waals surface area contributed by atoms with Gasteiger partial charge >= 0.3 is 0 Å². The van der Waals surface area contributed by atoms with E-state index in [-0.39, 0.29) is 49.0 Å². The maximum absolute atomic E-state index is 13.7. The molecule has 0 saturated carbocycles. The first-order valence-electron chi connectivity index (χ1n) is 12.3. The van der Waals surface area contributed by atoms with Crippen molar-refractivity contribution in [1.82, 2.24) is 25.2 Å². The van der Waals surface area contributed by atoms with Crippen LogP contribution in [0, 0.1) is 0 Å². The minimum Gasteiger partial charge on any atom is -0.353 e. The molecule has 5 rings (SSSR count). The van der Waals surface area contributed by atoms with Crippen LogP contribution in [0.4, 0.5) is 5.82 Å². The summed E-state index contributed by atoms with van der Waals surface area (Å²) in [5.74, 6) is 1.41. The van der Waals surface area contributed by atoms with Gasteiger partial charge in [-0.3, -0.25) is 9.78 Å². The number of rotatable bonds is 7. The summed E-state index contributed by atoms with van der Waals surface area (Å²) in [4.78, 5) is 31.3. The Morgan fingerprint density at radius 2 is 1.82 bits per heavy atom. The van der Waals surface area contributed by atoms with Crippen molar-refractivity contribution in [3.8, 4) is 0 Å². The number of piperazine rings is 1. The summed E-state index contributed by atoms with van der Waals surface area (Å²) in [6.45, 7) is 6.38. The Kier molecular flexibility index (Phi) is 12.5. The fourth-order valence-corrected chi connectivity index (χ4v) is 5.27. The molecule has 2 aromatic heterocycles. The first kappa shape index (κ1) is 32.1. The maximum Gasteiger partial charge on any atom is 0.231 e. The van der Waals surface area contributed by atoms with Crippen molar-refractivity contribution in [1.29, 1.82) is 0 Å². The minimum atomic E-state index is -0.279. The Bertz CT molecular complexity index is 1160. The lowest BCUT2D eigenvalue weighted by atomic mass is 9.96. The van der Waals surface area contributed by atoms with Crippen LogP contribution in [-0.4, -0.2) is 58.5 Å². The van der Waals surface area contributed by atoms with Crippen molar-refractivity contribution >= 4 is 60.5 Å². The zero-order chi connectivity index (χ0) is 24.2. The molecule has 0 radical (unpaired) electrons. The highest BCUT2D eigenvalue weighted by Crippen LogP contribution is 2.37. The van der Waals surface area contributed by atoms with Crippen LogP contribution in [0.15, 0.2) is 55.1 Å². The number of nitrogens with one attached hydrogen (secondary N) is 1. The molecule has 3 heterocycles. The molecule has 1 saturated heterocycles. The highest BCUT2D eigenvalue weighted by Gasteiger charge is 2.32. The highest BCUT2D eigenvalue weighted by molar-refractivity contribution is 6.30. The third kappa shape index (κ3) is 7.27. The van der Waals surface area contributed by atoms with Gasteiger partial charge in [-0.05, 0) is 48.1 Å². The van der Waals surface area contributed by atoms with Crippen molar-refractivity contribution in [2.75, 3.05) is 37.6 Å². The molecule has 38 heavy (non-hydrogen) atoms. The fraction of sp³-hybridized carbons (Fsp3) is 0.407. The van der Waals surface area contributed by atoms with Gasteiger partial charge in [-0.2, -0.15) is 0 Å². The van der Waals surface area contributed by atoms with Gasteiger partial charge in [-0.25, -0.2) is 9.97 Å². The highest BCUT2D eigenvalue weighted by atomic mass is 35.5. The van der Waals surface area contributed by atoms with Gasteiger partial charge in [0, 0.05) is 67.9 Å². The number of amides is 1. The van der Waals surface area contributed by atoms with E-state index < -0.39 is 0 Å². The van der Waals surface area contributed by atoms with Gasteiger partial charge < -0.3 is 15.1 Å². The molecule has 1 aromatic carbocycles. The molecule has 1 unspecified atom stereocenters. The van der Waals surface area contributed by atoms with Gasteiger partial charge in [-0.15, -0.1) is 37.2 Å². The number of benzene rings is 1. The second-order valence-corrected chi connectivity index (χ2v) is 9.84. The standard InChI is InChI=1S/C27H31ClN6O.3ClH/c1-19-4-9-24-25(19)26(32-18-31-24)33-11-13-34(14-12-33)27(35)23(21-5-7-22(28)8-6-21)17-30-16-20-3-2-10-29-15-20;;;/h2-3,5-8,10,15,18-19,23,30H,4,9,11-14,16-17H2,1H3;3*1H/t19-,23?;;;/m1.../s1. The summed E-state index contributed by atoms with van der Waals surface area (Å²) in [6, 6.07) is 11.6. The average molecular weight is 600 g/mol. The van der Waals surface area contributed by atoms with E-state index in [9.17, 15) is 4.79 Å². The summed E-state index contributed by atoms with van der Waals surface area (Å²) in [6.07, 6.45) is 7.46. The van der Waals surface area contributed by atoms with Crippen LogP contribution < -0.4 is 10.2 Å². The van der Waals surface area contributed by atoms with Crippen molar-refractivity contribution in [3.63, 3.8) is 0 Å². The van der Waals surface area contributed by atoms with Gasteiger partial charge in [0.15, 0.2) is 0 Å². The van der Waals surface area contributed by atoms with Gasteiger partial charge in [0.25, 0.3) is 0 Å². The smallest absolute Gasteiger partial charge is 0.231 e. The second-order valence-electron chi connectivity index (χ2n) is 9.41. The lowest BCUT2D eigenvalue weighted by Crippen LogP contribution is -2.51. The van der Waals surface area contributed by atoms with Crippen molar-refractivity contribution in [2.45, 2.75) is 38.1 Å². The van der Waals surface area contributed by atoms with Gasteiger partial charge in [0.05, 0.1) is 5.92 Å². The zero-order valence-electron chi connectivity index (χ0n) is 21.3. The first-order chi connectivity index (χ1) is 17.1. The lowest BCUT2D eigenvalue weighted by molar-refractivity contribution is -0.133. The Morgan fingerprint density at radius 1 is 1.08 bits per heavy atom. The zero-order valence-corrected chi connectivity index (χ0v) is 24.5. The molecule has 0 spiro atoms. The number of pyridine rings is 1. The van der Waals surface area contributed by atoms with E-state index in [1.54, 1.807) is 12.5 Å². The van der Waals surface area contributed by atoms with Gasteiger partial charge in [0.1, 0.15) is 12.1 Å². The number of aromatic nitrogens is 3. The third-order valence-corrected chi connectivity index (χ3v) is 7.37. The first-order valence-corrected chi connectivity index (χ1v) is 12.7. The Labute approximate surface area is 248 Å². The van der Waals surface area contributed by atoms with Crippen LogP contribution in [0.1, 0.15) is 47.6 Å². The minimum absolute atomic E-state index is 0. The number of halogens is 4. The lowest BCUT2D eigenvalue weighted by Gasteiger charge is -2.38. The number of fused-ring (bicyclic) bond motifs is 1. The molecule has 2 atom stereocenters. The van der Waals surface area contributed by atoms with Crippen molar-refractivity contribution in [2.24, 2.45) is 0 Å². The van der Waals surface area contributed by atoms with Crippen LogP contribution in [0.25, 0.3) is 0 Å². The normalized spacial score (nSPS) is 16.9. The van der Waals surface area contributed by atoms with Gasteiger partial charge in [0.2, 0.25) is 5.91 Å². The van der Waals surface area contributed by atoms with E-state index in [1.807, 2.05) is 47.5 Å². The molecule has 1 amide bonds. The Hall–Kier alpha value is -2.16. The van der Waals surface area contributed by atoms with E-state index in [0.717, 1.165) is 42.9 Å². The Balaban J connectivity index is 0.00000169. The summed E-state index contributed by atoms with van der Waals surface area (Å²) in [7, 11) is 0. The van der Waals surface area contributed by atoms with E-state index in [1.165, 1.54) is 11.3 Å². The number of carbonyl (C=O) groups excluding carboxylic acids is 1. The summed E-state index contributed by atoms with van der Waals surface area (Å²) < 4.78 is 0. The van der Waals surface area contributed by atoms with E-state index >= 15 is 0 Å². The molecule has 3 aromatic rings. The van der Waals surface area contributed by atoms with E-state index in [2.05, 4.69) is 32.1 Å². The third-order valence-electron chi connectivity index (χ3n) is 7.11. The summed E-state index contributed by atoms with van der Waals surface area (Å²) in [5.41, 5.74) is 4.55. The molecule has 1 aliphatic carbocycles. The predicted octanol–water partition coefficient (Wildman–Crippen LogP) is 5.06. The van der Waals surface area contributed by atoms with Crippen LogP contribution in [0.2, 0.25) is 5.02 Å². The number of carbonyl (C=O) groups is 1. The number of hydrogen-bond acceptors (Lipinski definition) is 6. The van der Waals surface area contributed by atoms with E-state index in [0.29, 0.717) is 37.1 Å². The quantitative estimate of drug-likeness (QED) is 0.409. The molecule has 1 aliphatic heterocycles. The number of anilines is 1. The largest absolute Gasteiger partial charge is 0.353 e. The molecule has 7 nitrogen and oxygen atoms in total. The maximum atomic E-state index is 13.7. The summed E-state index contributed by atoms with van der Waals surface area (Å²) >= 11 is 6.12. The van der Waals surface area contributed by atoms with Crippen LogP contribution >= 0.6 is 48.8 Å². The molecule has 2 aliphatic rings. The molecule has 1 N–H and O–H groups in total. The van der Waals surface area contributed by atoms with Crippen molar-refractivity contribution in [3.05, 3.63) is 82.5 Å². The molecule has 1 fully saturated rings. The topological polar surface area (TPSA) is 74.2 Å².